The molecule has 0 amide bonds. The molecule has 1 N–H and O–H groups in total. The van der Waals surface area contributed by atoms with E-state index in [-0.39, 0.29) is 5.82 Å². The van der Waals surface area contributed by atoms with E-state index in [1.165, 1.54) is 12.1 Å². The SMILES string of the molecule is Cc1nc(C)c(-c2ccc(Nc3cccc4c3nc(-c3ccc(F)cc3)n4C)cc2)o1. The average molecular weight is 412 g/mol. The summed E-state index contributed by atoms with van der Waals surface area (Å²) in [6.07, 6.45) is 0. The van der Waals surface area contributed by atoms with Crippen LogP contribution in [-0.4, -0.2) is 14.5 Å². The van der Waals surface area contributed by atoms with Crippen LogP contribution < -0.4 is 5.32 Å². The molecule has 2 aromatic heterocycles. The van der Waals surface area contributed by atoms with Gasteiger partial charge in [0, 0.05) is 30.8 Å². The van der Waals surface area contributed by atoms with Gasteiger partial charge >= 0.3 is 0 Å². The maximum Gasteiger partial charge on any atom is 0.192 e. The second-order valence-electron chi connectivity index (χ2n) is 7.52. The van der Waals surface area contributed by atoms with E-state index in [4.69, 9.17) is 9.40 Å². The molecule has 0 aliphatic rings. The van der Waals surface area contributed by atoms with Gasteiger partial charge in [-0.15, -0.1) is 0 Å². The number of nitrogens with one attached hydrogen (secondary N) is 1. The molecule has 0 saturated carbocycles. The number of hydrogen-bond donors (Lipinski definition) is 1. The maximum absolute atomic E-state index is 13.3. The van der Waals surface area contributed by atoms with E-state index in [2.05, 4.69) is 10.3 Å². The minimum absolute atomic E-state index is 0.260. The van der Waals surface area contributed by atoms with Crippen molar-refractivity contribution in [1.29, 1.82) is 0 Å². The number of aromatic nitrogens is 3. The van der Waals surface area contributed by atoms with Gasteiger partial charge < -0.3 is 14.3 Å². The Kier molecular flexibility index (Phi) is 4.55. The fourth-order valence-electron chi connectivity index (χ4n) is 3.83. The third-order valence-corrected chi connectivity index (χ3v) is 5.34. The lowest BCUT2D eigenvalue weighted by molar-refractivity contribution is 0.534. The van der Waals surface area contributed by atoms with Crippen molar-refractivity contribution < 1.29 is 8.81 Å². The minimum Gasteiger partial charge on any atom is -0.441 e. The predicted octanol–water partition coefficient (Wildman–Crippen LogP) is 6.39. The third kappa shape index (κ3) is 3.46. The number of anilines is 2. The molecule has 0 fully saturated rings. The molecule has 0 atom stereocenters. The van der Waals surface area contributed by atoms with Gasteiger partial charge in [0.25, 0.3) is 0 Å². The van der Waals surface area contributed by atoms with Crippen molar-refractivity contribution in [2.24, 2.45) is 7.05 Å². The number of hydrogen-bond acceptors (Lipinski definition) is 4. The molecule has 0 spiro atoms. The zero-order valence-corrected chi connectivity index (χ0v) is 17.5. The van der Waals surface area contributed by atoms with Gasteiger partial charge in [-0.1, -0.05) is 6.07 Å². The summed E-state index contributed by atoms with van der Waals surface area (Å²) >= 11 is 0. The highest BCUT2D eigenvalue weighted by Crippen LogP contribution is 2.31. The third-order valence-electron chi connectivity index (χ3n) is 5.34. The van der Waals surface area contributed by atoms with Crippen LogP contribution in [0, 0.1) is 19.7 Å². The molecule has 5 rings (SSSR count). The first kappa shape index (κ1) is 19.1. The Morgan fingerprint density at radius 2 is 1.58 bits per heavy atom. The van der Waals surface area contributed by atoms with E-state index < -0.39 is 0 Å². The van der Waals surface area contributed by atoms with E-state index in [0.717, 1.165) is 50.8 Å². The molecule has 2 heterocycles. The largest absolute Gasteiger partial charge is 0.441 e. The topological polar surface area (TPSA) is 55.9 Å². The van der Waals surface area contributed by atoms with Crippen molar-refractivity contribution in [3.63, 3.8) is 0 Å². The summed E-state index contributed by atoms with van der Waals surface area (Å²) in [5.41, 5.74) is 6.43. The number of imidazole rings is 1. The van der Waals surface area contributed by atoms with Crippen LogP contribution in [0.25, 0.3) is 33.7 Å². The lowest BCUT2D eigenvalue weighted by Crippen LogP contribution is -1.93. The van der Waals surface area contributed by atoms with E-state index in [1.54, 1.807) is 12.1 Å². The Morgan fingerprint density at radius 3 is 2.26 bits per heavy atom. The van der Waals surface area contributed by atoms with Crippen LogP contribution in [-0.2, 0) is 7.05 Å². The van der Waals surface area contributed by atoms with Gasteiger partial charge in [-0.2, -0.15) is 0 Å². The lowest BCUT2D eigenvalue weighted by atomic mass is 10.1. The number of halogens is 1. The zero-order chi connectivity index (χ0) is 21.5. The van der Waals surface area contributed by atoms with Crippen LogP contribution >= 0.6 is 0 Å². The van der Waals surface area contributed by atoms with Crippen LogP contribution in [0.4, 0.5) is 15.8 Å². The number of oxazole rings is 1. The molecule has 5 aromatic rings. The summed E-state index contributed by atoms with van der Waals surface area (Å²) in [6, 6.07) is 20.5. The molecule has 0 aliphatic carbocycles. The number of benzene rings is 3. The van der Waals surface area contributed by atoms with Crippen molar-refractivity contribution in [2.45, 2.75) is 13.8 Å². The average Bonchev–Trinajstić information content (AvgIpc) is 3.29. The summed E-state index contributed by atoms with van der Waals surface area (Å²) < 4.78 is 21.1. The highest BCUT2D eigenvalue weighted by Gasteiger charge is 2.14. The molecular weight excluding hydrogens is 391 g/mol. The fourth-order valence-corrected chi connectivity index (χ4v) is 3.83. The fraction of sp³-hybridized carbons (Fsp3) is 0.120. The first-order chi connectivity index (χ1) is 15.0. The van der Waals surface area contributed by atoms with Crippen LogP contribution in [0.2, 0.25) is 0 Å². The molecule has 0 aliphatic heterocycles. The number of para-hydroxylation sites is 1. The molecule has 0 bridgehead atoms. The Morgan fingerprint density at radius 1 is 0.871 bits per heavy atom. The highest BCUT2D eigenvalue weighted by atomic mass is 19.1. The lowest BCUT2D eigenvalue weighted by Gasteiger charge is -2.08. The van der Waals surface area contributed by atoms with Crippen molar-refractivity contribution in [3.05, 3.63) is 84.1 Å². The number of aryl methyl sites for hydroxylation is 3. The first-order valence-electron chi connectivity index (χ1n) is 10.0. The zero-order valence-electron chi connectivity index (χ0n) is 17.5. The smallest absolute Gasteiger partial charge is 0.192 e. The monoisotopic (exact) mass is 412 g/mol. The van der Waals surface area contributed by atoms with E-state index in [0.29, 0.717) is 5.89 Å². The van der Waals surface area contributed by atoms with Gasteiger partial charge in [0.2, 0.25) is 0 Å². The van der Waals surface area contributed by atoms with Gasteiger partial charge in [0.1, 0.15) is 17.2 Å². The predicted molar refractivity (Wildman–Crippen MR) is 121 cm³/mol. The molecular formula is C25H21FN4O. The quantitative estimate of drug-likeness (QED) is 0.371. The van der Waals surface area contributed by atoms with Gasteiger partial charge in [-0.05, 0) is 67.6 Å². The molecule has 3 aromatic carbocycles. The van der Waals surface area contributed by atoms with Crippen molar-refractivity contribution >= 4 is 22.4 Å². The Balaban J connectivity index is 1.49. The number of rotatable bonds is 4. The van der Waals surface area contributed by atoms with Crippen molar-refractivity contribution in [2.75, 3.05) is 5.32 Å². The second-order valence-corrected chi connectivity index (χ2v) is 7.52. The summed E-state index contributed by atoms with van der Waals surface area (Å²) in [4.78, 5) is 9.18. The highest BCUT2D eigenvalue weighted by molar-refractivity contribution is 5.93. The molecule has 5 nitrogen and oxygen atoms in total. The maximum atomic E-state index is 13.3. The Hall–Kier alpha value is -3.93. The van der Waals surface area contributed by atoms with Crippen LogP contribution in [0.15, 0.2) is 71.1 Å². The molecule has 0 saturated heterocycles. The molecule has 6 heteroatoms. The van der Waals surface area contributed by atoms with Gasteiger partial charge in [0.05, 0.1) is 16.9 Å². The van der Waals surface area contributed by atoms with E-state index in [9.17, 15) is 4.39 Å². The minimum atomic E-state index is -0.260. The Labute approximate surface area is 179 Å². The molecule has 154 valence electrons. The summed E-state index contributed by atoms with van der Waals surface area (Å²) in [5.74, 6) is 1.98. The number of nitrogens with zero attached hydrogens (tertiary/aromatic N) is 3. The van der Waals surface area contributed by atoms with Gasteiger partial charge in [-0.25, -0.2) is 14.4 Å². The van der Waals surface area contributed by atoms with E-state index >= 15 is 0 Å². The second kappa shape index (κ2) is 7.40. The van der Waals surface area contributed by atoms with Crippen LogP contribution in [0.3, 0.4) is 0 Å². The normalized spacial score (nSPS) is 11.2. The summed E-state index contributed by atoms with van der Waals surface area (Å²) in [7, 11) is 1.97. The van der Waals surface area contributed by atoms with Crippen LogP contribution in [0.1, 0.15) is 11.6 Å². The van der Waals surface area contributed by atoms with Crippen molar-refractivity contribution in [1.82, 2.24) is 14.5 Å². The summed E-state index contributed by atoms with van der Waals surface area (Å²) in [5, 5.41) is 3.46. The standard InChI is InChI=1S/C25H21FN4O/c1-15-24(31-16(2)27-15)17-9-13-20(14-10-17)28-21-5-4-6-22-23(21)29-25(30(22)3)18-7-11-19(26)12-8-18/h4-14,28H,1-3H3. The molecule has 0 radical (unpaired) electrons. The summed E-state index contributed by atoms with van der Waals surface area (Å²) in [6.45, 7) is 3.79. The Bertz CT molecular complexity index is 1380. The van der Waals surface area contributed by atoms with Crippen molar-refractivity contribution in [3.8, 4) is 22.7 Å². The molecule has 31 heavy (non-hydrogen) atoms. The van der Waals surface area contributed by atoms with E-state index in [1.807, 2.05) is 67.9 Å². The number of fused-ring (bicyclic) bond motifs is 1. The molecule has 0 unspecified atom stereocenters. The van der Waals surface area contributed by atoms with Crippen LogP contribution in [0.5, 0.6) is 0 Å². The van der Waals surface area contributed by atoms with Gasteiger partial charge in [-0.3, -0.25) is 0 Å². The van der Waals surface area contributed by atoms with Gasteiger partial charge in [0.15, 0.2) is 11.7 Å². The first-order valence-corrected chi connectivity index (χ1v) is 10.0.